The van der Waals surface area contributed by atoms with Crippen LogP contribution in [0.3, 0.4) is 0 Å². The molecule has 0 unspecified atom stereocenters. The van der Waals surface area contributed by atoms with Crippen LogP contribution in [0.25, 0.3) is 0 Å². The Morgan fingerprint density at radius 3 is 0.556 bits per heavy atom. The van der Waals surface area contributed by atoms with Crippen LogP contribution in [0.15, 0.2) is 0 Å². The molecule has 0 spiro atoms. The van der Waals surface area contributed by atoms with E-state index in [-0.39, 0.29) is 5.48 Å². The molecule has 0 aliphatic heterocycles. The van der Waals surface area contributed by atoms with E-state index in [1.807, 2.05) is 0 Å². The Balaban J connectivity index is -0.0000000720. The smallest absolute Gasteiger partial charge is 0.412 e. The third kappa shape index (κ3) is 11900. The summed E-state index contributed by atoms with van der Waals surface area (Å²) in [5.74, 6) is 0. The lowest BCUT2D eigenvalue weighted by Gasteiger charge is -1.69. The van der Waals surface area contributed by atoms with Gasteiger partial charge in [0.25, 0.3) is 0 Å². The number of hydrogen-bond donors (Lipinski definition) is 6. The highest BCUT2D eigenvalue weighted by molar-refractivity contribution is 6.30. The van der Waals surface area contributed by atoms with Crippen molar-refractivity contribution in [2.45, 2.75) is 0 Å². The predicted octanol–water partition coefficient (Wildman–Crippen LogP) is -4.93. The van der Waals surface area contributed by atoms with Gasteiger partial charge < -0.3 is 35.6 Å². The van der Waals surface area contributed by atoms with Gasteiger partial charge in [-0.1, -0.05) is 0 Å². The van der Waals surface area contributed by atoms with Crippen molar-refractivity contribution in [3.05, 3.63) is 0 Å². The second-order valence-corrected chi connectivity index (χ2v) is 0.693. The van der Waals surface area contributed by atoms with E-state index in [2.05, 4.69) is 0 Å². The molecule has 9 heavy (non-hydrogen) atoms. The SMILES string of the molecule is O.OB(O)O.OB(O)O. The zero-order valence-corrected chi connectivity index (χ0v) is 4.34. The van der Waals surface area contributed by atoms with Gasteiger partial charge in [-0.05, 0) is 0 Å². The summed E-state index contributed by atoms with van der Waals surface area (Å²) in [6.45, 7) is 0. The molecule has 0 aliphatic rings. The molecule has 0 saturated heterocycles. The quantitative estimate of drug-likeness (QED) is 0.186. The van der Waals surface area contributed by atoms with E-state index in [0.29, 0.717) is 0 Å². The molecule has 0 atom stereocenters. The van der Waals surface area contributed by atoms with Crippen molar-refractivity contribution in [3.63, 3.8) is 0 Å². The third-order valence-electron chi connectivity index (χ3n) is 0. The first kappa shape index (κ1) is 15.9. The van der Waals surface area contributed by atoms with Gasteiger partial charge in [0.1, 0.15) is 0 Å². The molecular weight excluding hydrogens is 134 g/mol. The maximum atomic E-state index is 7.17. The van der Waals surface area contributed by atoms with Crippen LogP contribution in [-0.4, -0.2) is 50.3 Å². The van der Waals surface area contributed by atoms with Crippen molar-refractivity contribution >= 4 is 14.6 Å². The lowest BCUT2D eigenvalue weighted by molar-refractivity contribution is 0.276. The van der Waals surface area contributed by atoms with Crippen molar-refractivity contribution in [1.29, 1.82) is 0 Å². The van der Waals surface area contributed by atoms with Gasteiger partial charge in [0.05, 0.1) is 0 Å². The highest BCUT2D eigenvalue weighted by atomic mass is 16.5. The molecule has 0 fully saturated rings. The Morgan fingerprint density at radius 1 is 0.556 bits per heavy atom. The summed E-state index contributed by atoms with van der Waals surface area (Å²) in [5.41, 5.74) is 0. The molecule has 0 aromatic rings. The highest BCUT2D eigenvalue weighted by Crippen LogP contribution is 1.40. The fourth-order valence-corrected chi connectivity index (χ4v) is 0. The molecule has 7 nitrogen and oxygen atoms in total. The van der Waals surface area contributed by atoms with Gasteiger partial charge in [0.2, 0.25) is 0 Å². The molecule has 56 valence electrons. The molecule has 9 heteroatoms. The lowest BCUT2D eigenvalue weighted by Crippen LogP contribution is -2.07. The van der Waals surface area contributed by atoms with Crippen LogP contribution in [0.4, 0.5) is 0 Å². The van der Waals surface area contributed by atoms with Crippen molar-refractivity contribution < 1.29 is 35.6 Å². The van der Waals surface area contributed by atoms with E-state index >= 15 is 0 Å². The molecule has 0 aromatic heterocycles. The molecule has 0 aliphatic carbocycles. The van der Waals surface area contributed by atoms with Crippen LogP contribution < -0.4 is 0 Å². The fraction of sp³-hybridized carbons (Fsp3) is 0. The van der Waals surface area contributed by atoms with Gasteiger partial charge in [0.15, 0.2) is 0 Å². The summed E-state index contributed by atoms with van der Waals surface area (Å²) in [7, 11) is -4.33. The molecule has 0 amide bonds. The minimum atomic E-state index is -2.17. The first-order valence-corrected chi connectivity index (χ1v) is 1.55. The van der Waals surface area contributed by atoms with E-state index in [0.717, 1.165) is 0 Å². The van der Waals surface area contributed by atoms with E-state index < -0.39 is 14.6 Å². The maximum absolute atomic E-state index is 7.17. The van der Waals surface area contributed by atoms with Gasteiger partial charge in [-0.2, -0.15) is 0 Å². The Labute approximate surface area is 51.5 Å². The summed E-state index contributed by atoms with van der Waals surface area (Å²) < 4.78 is 0. The summed E-state index contributed by atoms with van der Waals surface area (Å²) in [6.07, 6.45) is 0. The first-order valence-electron chi connectivity index (χ1n) is 1.55. The van der Waals surface area contributed by atoms with Gasteiger partial charge in [-0.25, -0.2) is 0 Å². The zero-order valence-electron chi connectivity index (χ0n) is 4.34. The van der Waals surface area contributed by atoms with E-state index in [4.69, 9.17) is 30.1 Å². The molecule has 0 bridgehead atoms. The minimum absolute atomic E-state index is 0. The average molecular weight is 142 g/mol. The highest BCUT2D eigenvalue weighted by Gasteiger charge is 1.93. The van der Waals surface area contributed by atoms with Crippen molar-refractivity contribution in [2.75, 3.05) is 0 Å². The molecular formula is H8B2O7. The molecule has 0 heterocycles. The lowest BCUT2D eigenvalue weighted by atomic mass is 10.3. The molecule has 8 N–H and O–H groups in total. The van der Waals surface area contributed by atoms with Crippen molar-refractivity contribution in [2.24, 2.45) is 0 Å². The maximum Gasteiger partial charge on any atom is 0.631 e. The van der Waals surface area contributed by atoms with Crippen LogP contribution in [0.5, 0.6) is 0 Å². The molecule has 0 rings (SSSR count). The third-order valence-corrected chi connectivity index (χ3v) is 0. The summed E-state index contributed by atoms with van der Waals surface area (Å²) in [5, 5.41) is 43.0. The van der Waals surface area contributed by atoms with Crippen molar-refractivity contribution in [3.8, 4) is 0 Å². The number of rotatable bonds is 0. The van der Waals surface area contributed by atoms with E-state index in [1.54, 1.807) is 0 Å². The first-order chi connectivity index (χ1) is 3.46. The molecule has 0 saturated carbocycles. The predicted molar refractivity (Wildman–Crippen MR) is 28.4 cm³/mol. The average Bonchev–Trinajstić information content (AvgIpc) is 1.25. The monoisotopic (exact) mass is 142 g/mol. The molecule has 0 radical (unpaired) electrons. The van der Waals surface area contributed by atoms with Crippen LogP contribution in [0, 0.1) is 0 Å². The Kier molecular flexibility index (Phi) is 19.1. The molecule has 0 aromatic carbocycles. The van der Waals surface area contributed by atoms with Crippen LogP contribution >= 0.6 is 0 Å². The second kappa shape index (κ2) is 10.8. The van der Waals surface area contributed by atoms with Crippen molar-refractivity contribution in [1.82, 2.24) is 0 Å². The van der Waals surface area contributed by atoms with Gasteiger partial charge >= 0.3 is 14.6 Å². The second-order valence-electron chi connectivity index (χ2n) is 0.693. The van der Waals surface area contributed by atoms with Crippen LogP contribution in [0.2, 0.25) is 0 Å². The van der Waals surface area contributed by atoms with Crippen LogP contribution in [0.1, 0.15) is 0 Å². The summed E-state index contributed by atoms with van der Waals surface area (Å²) in [4.78, 5) is 0. The normalized spacial score (nSPS) is 6.00. The topological polar surface area (TPSA) is 153 Å². The van der Waals surface area contributed by atoms with Gasteiger partial charge in [0, 0.05) is 0 Å². The Hall–Kier alpha value is -0.150. The van der Waals surface area contributed by atoms with Crippen LogP contribution in [-0.2, 0) is 0 Å². The van der Waals surface area contributed by atoms with E-state index in [1.165, 1.54) is 0 Å². The number of hydrogen-bond acceptors (Lipinski definition) is 6. The largest absolute Gasteiger partial charge is 0.631 e. The summed E-state index contributed by atoms with van der Waals surface area (Å²) >= 11 is 0. The Morgan fingerprint density at radius 2 is 0.556 bits per heavy atom. The van der Waals surface area contributed by atoms with E-state index in [9.17, 15) is 0 Å². The zero-order chi connectivity index (χ0) is 7.15. The minimum Gasteiger partial charge on any atom is -0.412 e. The van der Waals surface area contributed by atoms with Gasteiger partial charge in [-0.15, -0.1) is 0 Å². The Bertz CT molecular complexity index is 22.4. The standard InChI is InChI=1S/2BH3O3.H2O/c2*2-1(3)4;/h2*2-4H;1H2. The fourth-order valence-electron chi connectivity index (χ4n) is 0. The van der Waals surface area contributed by atoms with Gasteiger partial charge in [-0.3, -0.25) is 0 Å². The summed E-state index contributed by atoms with van der Waals surface area (Å²) in [6, 6.07) is 0.